The summed E-state index contributed by atoms with van der Waals surface area (Å²) >= 11 is 7.70. The van der Waals surface area contributed by atoms with E-state index in [9.17, 15) is 0 Å². The van der Waals surface area contributed by atoms with Gasteiger partial charge in [0.05, 0.1) is 19.8 Å². The van der Waals surface area contributed by atoms with Gasteiger partial charge in [-0.2, -0.15) is 0 Å². The number of aliphatic hydroxyl groups is 1. The number of benzene rings is 1. The first-order valence-electron chi connectivity index (χ1n) is 6.28. The smallest absolute Gasteiger partial charge is 0.0826 e. The predicted octanol–water partition coefficient (Wildman–Crippen LogP) is 3.85. The summed E-state index contributed by atoms with van der Waals surface area (Å²) in [4.78, 5) is 1.10. The van der Waals surface area contributed by atoms with Gasteiger partial charge in [-0.1, -0.05) is 41.6 Å². The van der Waals surface area contributed by atoms with Crippen LogP contribution in [-0.2, 0) is 18.0 Å². The second-order valence-corrected chi connectivity index (χ2v) is 5.52. The first kappa shape index (κ1) is 15.1. The molecule has 0 saturated heterocycles. The van der Waals surface area contributed by atoms with Gasteiger partial charge in [0, 0.05) is 21.9 Å². The van der Waals surface area contributed by atoms with Crippen LogP contribution in [0.2, 0.25) is 5.02 Å². The van der Waals surface area contributed by atoms with Crippen molar-refractivity contribution in [3.63, 3.8) is 0 Å². The number of aliphatic hydroxyl groups excluding tert-OH is 1. The minimum atomic E-state index is 0.0927. The maximum absolute atomic E-state index is 8.72. The van der Waals surface area contributed by atoms with Gasteiger partial charge in [-0.05, 0) is 23.1 Å². The lowest BCUT2D eigenvalue weighted by Gasteiger charge is -2.05. The molecular formula is C16H15ClO2S. The van der Waals surface area contributed by atoms with E-state index in [-0.39, 0.29) is 6.61 Å². The average molecular weight is 307 g/mol. The fourth-order valence-corrected chi connectivity index (χ4v) is 2.60. The van der Waals surface area contributed by atoms with E-state index in [0.717, 1.165) is 21.0 Å². The monoisotopic (exact) mass is 306 g/mol. The molecule has 0 atom stereocenters. The van der Waals surface area contributed by atoms with Crippen molar-refractivity contribution in [2.75, 3.05) is 6.61 Å². The molecule has 0 aliphatic rings. The van der Waals surface area contributed by atoms with Crippen molar-refractivity contribution in [1.29, 1.82) is 0 Å². The molecule has 20 heavy (non-hydrogen) atoms. The molecule has 104 valence electrons. The zero-order chi connectivity index (χ0) is 14.2. The van der Waals surface area contributed by atoms with Crippen molar-refractivity contribution in [2.24, 2.45) is 0 Å². The Morgan fingerprint density at radius 2 is 2.05 bits per heavy atom. The third kappa shape index (κ3) is 4.36. The minimum absolute atomic E-state index is 0.0927. The van der Waals surface area contributed by atoms with E-state index in [2.05, 4.69) is 11.8 Å². The van der Waals surface area contributed by atoms with Gasteiger partial charge in [0.15, 0.2) is 0 Å². The second kappa shape index (κ2) is 8.08. The van der Waals surface area contributed by atoms with E-state index in [1.165, 1.54) is 0 Å². The molecule has 0 aliphatic carbocycles. The zero-order valence-electron chi connectivity index (χ0n) is 10.9. The van der Waals surface area contributed by atoms with E-state index < -0.39 is 0 Å². The lowest BCUT2D eigenvalue weighted by atomic mass is 10.2. The molecular weight excluding hydrogens is 292 g/mol. The molecule has 0 saturated carbocycles. The minimum Gasteiger partial charge on any atom is -0.395 e. The third-order valence-electron chi connectivity index (χ3n) is 2.65. The first-order chi connectivity index (χ1) is 9.81. The van der Waals surface area contributed by atoms with Crippen molar-refractivity contribution in [3.05, 3.63) is 56.7 Å². The quantitative estimate of drug-likeness (QED) is 0.850. The maximum atomic E-state index is 8.72. The Labute approximate surface area is 128 Å². The Kier molecular flexibility index (Phi) is 6.10. The lowest BCUT2D eigenvalue weighted by molar-refractivity contribution is 0.109. The molecule has 1 aromatic heterocycles. The number of hydrogen-bond acceptors (Lipinski definition) is 3. The lowest BCUT2D eigenvalue weighted by Crippen LogP contribution is -1.94. The van der Waals surface area contributed by atoms with Gasteiger partial charge in [-0.15, -0.1) is 11.3 Å². The van der Waals surface area contributed by atoms with Crippen LogP contribution in [0.25, 0.3) is 0 Å². The molecule has 4 heteroatoms. The fourth-order valence-electron chi connectivity index (χ4n) is 1.65. The topological polar surface area (TPSA) is 29.5 Å². The van der Waals surface area contributed by atoms with Crippen LogP contribution >= 0.6 is 22.9 Å². The fraction of sp³-hybridized carbons (Fsp3) is 0.250. The van der Waals surface area contributed by atoms with Crippen LogP contribution in [0.4, 0.5) is 0 Å². The van der Waals surface area contributed by atoms with E-state index >= 15 is 0 Å². The van der Waals surface area contributed by atoms with Gasteiger partial charge in [0.2, 0.25) is 0 Å². The van der Waals surface area contributed by atoms with Gasteiger partial charge in [-0.3, -0.25) is 0 Å². The number of halogens is 1. The number of thiophene rings is 1. The summed E-state index contributed by atoms with van der Waals surface area (Å²) in [6.07, 6.45) is 0.496. The Balaban J connectivity index is 1.91. The van der Waals surface area contributed by atoms with E-state index in [1.807, 2.05) is 35.7 Å². The third-order valence-corrected chi connectivity index (χ3v) is 3.92. The van der Waals surface area contributed by atoms with E-state index in [4.69, 9.17) is 21.4 Å². The zero-order valence-corrected chi connectivity index (χ0v) is 12.5. The molecule has 1 aromatic carbocycles. The van der Waals surface area contributed by atoms with E-state index in [1.54, 1.807) is 11.3 Å². The highest BCUT2D eigenvalue weighted by Gasteiger charge is 2.04. The molecule has 1 heterocycles. The molecule has 2 rings (SSSR count). The molecule has 0 bridgehead atoms. The summed E-state index contributed by atoms with van der Waals surface area (Å²) in [5.74, 6) is 5.97. The summed E-state index contributed by atoms with van der Waals surface area (Å²) in [6.45, 7) is 1.10. The number of rotatable bonds is 5. The maximum Gasteiger partial charge on any atom is 0.0826 e. The highest BCUT2D eigenvalue weighted by Crippen LogP contribution is 2.20. The highest BCUT2D eigenvalue weighted by atomic mass is 35.5. The van der Waals surface area contributed by atoms with Crippen molar-refractivity contribution in [1.82, 2.24) is 0 Å². The summed E-state index contributed by atoms with van der Waals surface area (Å²) < 4.78 is 5.70. The SMILES string of the molecule is OCCC#Cc1ccsc1COCc1ccccc1Cl. The van der Waals surface area contributed by atoms with Crippen LogP contribution < -0.4 is 0 Å². The summed E-state index contributed by atoms with van der Waals surface area (Å²) in [7, 11) is 0. The Bertz CT molecular complexity index is 610. The molecule has 0 spiro atoms. The van der Waals surface area contributed by atoms with Crippen LogP contribution in [0.15, 0.2) is 35.7 Å². The number of ether oxygens (including phenoxy) is 1. The Hall–Kier alpha value is -1.31. The molecule has 2 nitrogen and oxygen atoms in total. The van der Waals surface area contributed by atoms with Gasteiger partial charge >= 0.3 is 0 Å². The Morgan fingerprint density at radius 1 is 1.20 bits per heavy atom. The molecule has 0 aliphatic heterocycles. The van der Waals surface area contributed by atoms with Crippen LogP contribution in [0.5, 0.6) is 0 Å². The molecule has 0 radical (unpaired) electrons. The van der Waals surface area contributed by atoms with Crippen LogP contribution in [-0.4, -0.2) is 11.7 Å². The van der Waals surface area contributed by atoms with Gasteiger partial charge < -0.3 is 9.84 Å². The first-order valence-corrected chi connectivity index (χ1v) is 7.54. The summed E-state index contributed by atoms with van der Waals surface area (Å²) in [6, 6.07) is 9.64. The van der Waals surface area contributed by atoms with E-state index in [0.29, 0.717) is 19.6 Å². The second-order valence-electron chi connectivity index (χ2n) is 4.12. The van der Waals surface area contributed by atoms with Crippen molar-refractivity contribution >= 4 is 22.9 Å². The van der Waals surface area contributed by atoms with Crippen LogP contribution in [0.3, 0.4) is 0 Å². The van der Waals surface area contributed by atoms with Gasteiger partial charge in [0.25, 0.3) is 0 Å². The summed E-state index contributed by atoms with van der Waals surface area (Å²) in [5.41, 5.74) is 1.96. The molecule has 1 N–H and O–H groups in total. The largest absolute Gasteiger partial charge is 0.395 e. The van der Waals surface area contributed by atoms with Crippen LogP contribution in [0, 0.1) is 11.8 Å². The standard InChI is InChI=1S/C16H15ClO2S/c17-15-7-2-1-6-14(15)11-19-12-16-13(8-10-20-16)5-3-4-9-18/h1-2,6-8,10,18H,4,9,11-12H2. The van der Waals surface area contributed by atoms with Gasteiger partial charge in [0.1, 0.15) is 0 Å². The molecule has 2 aromatic rings. The summed E-state index contributed by atoms with van der Waals surface area (Å²) in [5, 5.41) is 11.4. The molecule has 0 unspecified atom stereocenters. The van der Waals surface area contributed by atoms with Crippen molar-refractivity contribution < 1.29 is 9.84 Å². The van der Waals surface area contributed by atoms with Crippen LogP contribution in [0.1, 0.15) is 22.4 Å². The average Bonchev–Trinajstić information content (AvgIpc) is 2.89. The molecule has 0 fully saturated rings. The highest BCUT2D eigenvalue weighted by molar-refractivity contribution is 7.10. The predicted molar refractivity (Wildman–Crippen MR) is 82.8 cm³/mol. The van der Waals surface area contributed by atoms with Crippen molar-refractivity contribution in [2.45, 2.75) is 19.6 Å². The normalized spacial score (nSPS) is 10.1. The van der Waals surface area contributed by atoms with Gasteiger partial charge in [-0.25, -0.2) is 0 Å². The van der Waals surface area contributed by atoms with Crippen molar-refractivity contribution in [3.8, 4) is 11.8 Å². The Morgan fingerprint density at radius 3 is 2.85 bits per heavy atom. The number of hydrogen-bond donors (Lipinski definition) is 1. The molecule has 0 amide bonds.